The number of carbonyl (C=O) groups is 1. The first kappa shape index (κ1) is 22.9. The summed E-state index contributed by atoms with van der Waals surface area (Å²) in [4.78, 5) is 11.2. The van der Waals surface area contributed by atoms with Gasteiger partial charge in [0.15, 0.2) is 5.50 Å². The average molecular weight is 555 g/mol. The van der Waals surface area contributed by atoms with Crippen molar-refractivity contribution in [2.45, 2.75) is 32.9 Å². The van der Waals surface area contributed by atoms with E-state index in [0.717, 1.165) is 14.7 Å². The molecule has 0 amide bonds. The molecule has 0 fully saturated rings. The van der Waals surface area contributed by atoms with Crippen LogP contribution in [0, 0.1) is 6.92 Å². The predicted octanol–water partition coefficient (Wildman–Crippen LogP) is 7.76. The van der Waals surface area contributed by atoms with Crippen molar-refractivity contribution in [1.82, 2.24) is 0 Å². The molecule has 1 aromatic heterocycles. The van der Waals surface area contributed by atoms with Crippen molar-refractivity contribution in [3.63, 3.8) is 0 Å². The van der Waals surface area contributed by atoms with Gasteiger partial charge in [-0.2, -0.15) is 0 Å². The molecule has 5 nitrogen and oxygen atoms in total. The quantitative estimate of drug-likeness (QED) is 0.327. The molecule has 1 N–H and O–H groups in total. The Bertz CT molecular complexity index is 1130. The van der Waals surface area contributed by atoms with Gasteiger partial charge in [-0.15, -0.1) is 0 Å². The second-order valence-electron chi connectivity index (χ2n) is 7.75. The third-order valence-corrected chi connectivity index (χ3v) is 9.17. The van der Waals surface area contributed by atoms with Crippen molar-refractivity contribution in [2.24, 2.45) is 4.74 Å². The number of aryl methyl sites for hydroxylation is 1. The number of nitrogens with zero attached hydrogens (tertiary/aromatic N) is 1. The summed E-state index contributed by atoms with van der Waals surface area (Å²) < 4.78 is 19.6. The maximum absolute atomic E-state index is 11.2. The third kappa shape index (κ3) is 4.74. The largest absolute Gasteiger partial charge is 0.478 e. The molecule has 8 heteroatoms. The molecule has 3 rings (SSSR count). The maximum Gasteiger partial charge on any atom is 0.335 e. The number of benzene rings is 2. The maximum atomic E-state index is 11.2. The summed E-state index contributed by atoms with van der Waals surface area (Å²) >= 11 is 7.05. The van der Waals surface area contributed by atoms with E-state index in [1.165, 1.54) is 0 Å². The van der Waals surface area contributed by atoms with E-state index in [-0.39, 0.29) is 5.56 Å². The highest BCUT2D eigenvalue weighted by Gasteiger charge is 2.42. The highest BCUT2D eigenvalue weighted by atomic mass is 79.9. The van der Waals surface area contributed by atoms with Crippen LogP contribution in [0.15, 0.2) is 72.7 Å². The molecular formula is C22H22Br2NO4P. The Balaban J connectivity index is 2.26. The van der Waals surface area contributed by atoms with E-state index in [1.807, 2.05) is 37.3 Å². The van der Waals surface area contributed by atoms with Crippen LogP contribution in [0.4, 0.5) is 5.69 Å². The number of hydrogen-bond acceptors (Lipinski definition) is 4. The molecule has 0 saturated carbocycles. The van der Waals surface area contributed by atoms with Crippen LogP contribution < -0.4 is 10.0 Å². The molecule has 0 aliphatic heterocycles. The Hall–Kier alpha value is -1.82. The van der Waals surface area contributed by atoms with Gasteiger partial charge < -0.3 is 14.0 Å². The zero-order chi connectivity index (χ0) is 22.1. The summed E-state index contributed by atoms with van der Waals surface area (Å²) in [5.74, 6) is 0.449. The molecule has 0 spiro atoms. The first-order valence-corrected chi connectivity index (χ1v) is 12.4. The second kappa shape index (κ2) is 8.74. The van der Waals surface area contributed by atoms with Gasteiger partial charge in [0.25, 0.3) is 0 Å². The minimum atomic E-state index is -2.77. The number of rotatable bonds is 5. The minimum Gasteiger partial charge on any atom is -0.478 e. The fourth-order valence-electron chi connectivity index (χ4n) is 2.84. The Labute approximate surface area is 192 Å². The van der Waals surface area contributed by atoms with Crippen LogP contribution in [0.25, 0.3) is 0 Å². The predicted molar refractivity (Wildman–Crippen MR) is 128 cm³/mol. The minimum absolute atomic E-state index is 0.207. The Morgan fingerprint density at radius 3 is 2.23 bits per heavy atom. The molecule has 3 aromatic rings. The van der Waals surface area contributed by atoms with Crippen LogP contribution in [-0.4, -0.2) is 16.2 Å². The molecule has 30 heavy (non-hydrogen) atoms. The van der Waals surface area contributed by atoms with Gasteiger partial charge in [0.1, 0.15) is 11.5 Å². The van der Waals surface area contributed by atoms with E-state index in [1.54, 1.807) is 24.3 Å². The summed E-state index contributed by atoms with van der Waals surface area (Å²) in [5, 5.41) is 8.79. The first-order valence-electron chi connectivity index (χ1n) is 9.19. The summed E-state index contributed by atoms with van der Waals surface area (Å²) in [5.41, 5.74) is 1.51. The van der Waals surface area contributed by atoms with Gasteiger partial charge in [0.2, 0.25) is 7.28 Å². The standard InChI is InChI=1S/C22H22Br2NO4P/c1-14-5-12-20(28-14)30(22(2,3)4,29-19-11-8-16(23)13-18(19)24)25-17-9-6-15(7-10-17)21(26)27/h5-13H,1-4H3,(H,26,27). The molecule has 0 aliphatic carbocycles. The van der Waals surface area contributed by atoms with Gasteiger partial charge in [-0.25, -0.2) is 9.54 Å². The van der Waals surface area contributed by atoms with Crippen molar-refractivity contribution in [3.05, 3.63) is 74.9 Å². The van der Waals surface area contributed by atoms with Gasteiger partial charge in [-0.05, 0) is 77.5 Å². The molecule has 1 heterocycles. The Morgan fingerprint density at radius 1 is 1.07 bits per heavy atom. The van der Waals surface area contributed by atoms with Crippen LogP contribution in [0.3, 0.4) is 0 Å². The number of carboxylic acids is 1. The first-order chi connectivity index (χ1) is 14.0. The summed E-state index contributed by atoms with van der Waals surface area (Å²) in [7, 11) is -2.77. The molecule has 158 valence electrons. The van der Waals surface area contributed by atoms with Crippen LogP contribution in [0.2, 0.25) is 0 Å². The van der Waals surface area contributed by atoms with E-state index < -0.39 is 18.4 Å². The number of furan rings is 1. The summed E-state index contributed by atoms with van der Waals surface area (Å²) in [6.45, 7) is 8.10. The second-order valence-corrected chi connectivity index (χ2v) is 12.8. The van der Waals surface area contributed by atoms with Gasteiger partial charge in [-0.1, -0.05) is 36.7 Å². The van der Waals surface area contributed by atoms with Crippen LogP contribution in [-0.2, 0) is 0 Å². The molecule has 1 atom stereocenters. The summed E-state index contributed by atoms with van der Waals surface area (Å²) in [6, 6.07) is 16.0. The van der Waals surface area contributed by atoms with Gasteiger partial charge in [-0.3, -0.25) is 0 Å². The SMILES string of the molecule is Cc1ccc(P(=Nc2ccc(C(=O)O)cc2)(Oc2ccc(Br)cc2Br)C(C)(C)C)o1. The monoisotopic (exact) mass is 553 g/mol. The van der Waals surface area contributed by atoms with E-state index >= 15 is 0 Å². The lowest BCUT2D eigenvalue weighted by atomic mass is 10.2. The Morgan fingerprint density at radius 2 is 1.73 bits per heavy atom. The highest BCUT2D eigenvalue weighted by Crippen LogP contribution is 2.62. The van der Waals surface area contributed by atoms with E-state index in [0.29, 0.717) is 16.9 Å². The van der Waals surface area contributed by atoms with Crippen molar-refractivity contribution in [2.75, 3.05) is 0 Å². The molecule has 1 unspecified atom stereocenters. The number of aromatic carboxylic acids is 1. The number of hydrogen-bond donors (Lipinski definition) is 1. The number of halogens is 2. The fraction of sp³-hybridized carbons (Fsp3) is 0.227. The molecule has 2 aromatic carbocycles. The van der Waals surface area contributed by atoms with E-state index in [9.17, 15) is 9.90 Å². The molecule has 0 aliphatic rings. The van der Waals surface area contributed by atoms with Crippen molar-refractivity contribution in [3.8, 4) is 5.75 Å². The van der Waals surface area contributed by atoms with Gasteiger partial charge >= 0.3 is 5.97 Å². The zero-order valence-corrected chi connectivity index (χ0v) is 21.1. The van der Waals surface area contributed by atoms with Gasteiger partial charge in [0, 0.05) is 9.63 Å². The smallest absolute Gasteiger partial charge is 0.335 e. The van der Waals surface area contributed by atoms with Crippen LogP contribution in [0.5, 0.6) is 5.75 Å². The molecule has 0 saturated heterocycles. The summed E-state index contributed by atoms with van der Waals surface area (Å²) in [6.07, 6.45) is 0. The highest BCUT2D eigenvalue weighted by molar-refractivity contribution is 9.11. The lowest BCUT2D eigenvalue weighted by Gasteiger charge is -2.35. The van der Waals surface area contributed by atoms with E-state index in [4.69, 9.17) is 13.7 Å². The Kier molecular flexibility index (Phi) is 6.66. The van der Waals surface area contributed by atoms with Crippen LogP contribution in [0.1, 0.15) is 36.9 Å². The lowest BCUT2D eigenvalue weighted by molar-refractivity contribution is 0.0697. The lowest BCUT2D eigenvalue weighted by Crippen LogP contribution is -2.26. The molecule has 0 bridgehead atoms. The van der Waals surface area contributed by atoms with E-state index in [2.05, 4.69) is 52.6 Å². The van der Waals surface area contributed by atoms with Crippen molar-refractivity contribution in [1.29, 1.82) is 0 Å². The van der Waals surface area contributed by atoms with Gasteiger partial charge in [0.05, 0.1) is 15.7 Å². The molecule has 0 radical (unpaired) electrons. The fourth-order valence-corrected chi connectivity index (χ4v) is 7.01. The number of carboxylic acid groups (broad SMARTS) is 1. The molecular weight excluding hydrogens is 533 g/mol. The van der Waals surface area contributed by atoms with Crippen LogP contribution >= 0.6 is 39.1 Å². The topological polar surface area (TPSA) is 72.0 Å². The van der Waals surface area contributed by atoms with Crippen molar-refractivity contribution < 1.29 is 18.8 Å². The normalized spacial score (nSPS) is 13.5. The third-order valence-electron chi connectivity index (χ3n) is 4.43. The van der Waals surface area contributed by atoms with Crippen molar-refractivity contribution >= 4 is 56.3 Å². The zero-order valence-electron chi connectivity index (χ0n) is 17.0. The average Bonchev–Trinajstić information content (AvgIpc) is 3.09.